The van der Waals surface area contributed by atoms with Crippen LogP contribution < -0.4 is 15.0 Å². The number of carbonyl (C=O) groups excluding carboxylic acids is 2. The molecular formula is C22H26N2O3. The van der Waals surface area contributed by atoms with Crippen LogP contribution in [0.2, 0.25) is 0 Å². The van der Waals surface area contributed by atoms with Gasteiger partial charge in [-0.2, -0.15) is 0 Å². The lowest BCUT2D eigenvalue weighted by Gasteiger charge is -2.34. The molecule has 0 radical (unpaired) electrons. The maximum absolute atomic E-state index is 12.9. The molecule has 1 N–H and O–H groups in total. The normalized spacial score (nSPS) is 15.9. The number of rotatable bonds is 5. The molecular weight excluding hydrogens is 340 g/mol. The highest BCUT2D eigenvalue weighted by molar-refractivity contribution is 5.97. The van der Waals surface area contributed by atoms with E-state index >= 15 is 0 Å². The summed E-state index contributed by atoms with van der Waals surface area (Å²) in [6.45, 7) is 4.55. The minimum atomic E-state index is -0.695. The van der Waals surface area contributed by atoms with Gasteiger partial charge >= 0.3 is 0 Å². The van der Waals surface area contributed by atoms with E-state index in [2.05, 4.69) is 43.4 Å². The Bertz CT molecular complexity index is 815. The Hall–Kier alpha value is -2.82. The van der Waals surface area contributed by atoms with E-state index in [4.69, 9.17) is 4.74 Å². The molecule has 2 aromatic carbocycles. The zero-order chi connectivity index (χ0) is 19.4. The molecule has 2 aromatic rings. The highest BCUT2D eigenvalue weighted by atomic mass is 16.5. The van der Waals surface area contributed by atoms with Crippen molar-refractivity contribution in [2.75, 3.05) is 18.5 Å². The SMILES string of the molecule is CNC(=O)[C@@H]1CN(C(=O)CCc2ccc(C(C)C)cc2)c2ccccc2O1. The van der Waals surface area contributed by atoms with E-state index in [1.807, 2.05) is 18.2 Å². The fourth-order valence-electron chi connectivity index (χ4n) is 3.22. The number of anilines is 1. The Morgan fingerprint density at radius 3 is 2.52 bits per heavy atom. The summed E-state index contributed by atoms with van der Waals surface area (Å²) < 4.78 is 5.76. The molecule has 27 heavy (non-hydrogen) atoms. The quantitative estimate of drug-likeness (QED) is 0.883. The first-order chi connectivity index (χ1) is 13.0. The molecule has 0 aliphatic carbocycles. The zero-order valence-corrected chi connectivity index (χ0v) is 16.1. The van der Waals surface area contributed by atoms with Gasteiger partial charge in [0.25, 0.3) is 5.91 Å². The number of hydrogen-bond acceptors (Lipinski definition) is 3. The topological polar surface area (TPSA) is 58.6 Å². The maximum Gasteiger partial charge on any atom is 0.262 e. The average Bonchev–Trinajstić information content (AvgIpc) is 2.70. The van der Waals surface area contributed by atoms with Gasteiger partial charge in [-0.25, -0.2) is 0 Å². The van der Waals surface area contributed by atoms with Crippen LogP contribution in [0.3, 0.4) is 0 Å². The van der Waals surface area contributed by atoms with Gasteiger partial charge in [-0.05, 0) is 35.6 Å². The average molecular weight is 366 g/mol. The lowest BCUT2D eigenvalue weighted by Crippen LogP contribution is -2.50. The van der Waals surface area contributed by atoms with Crippen molar-refractivity contribution in [1.29, 1.82) is 0 Å². The number of nitrogens with one attached hydrogen (secondary N) is 1. The van der Waals surface area contributed by atoms with Gasteiger partial charge in [0.2, 0.25) is 5.91 Å². The molecule has 0 bridgehead atoms. The Balaban J connectivity index is 1.72. The van der Waals surface area contributed by atoms with E-state index in [0.29, 0.717) is 24.5 Å². The number of hydrogen-bond donors (Lipinski definition) is 1. The smallest absolute Gasteiger partial charge is 0.262 e. The summed E-state index contributed by atoms with van der Waals surface area (Å²) in [5.74, 6) is 0.818. The number of amides is 2. The Labute approximate surface area is 160 Å². The van der Waals surface area contributed by atoms with E-state index in [9.17, 15) is 9.59 Å². The molecule has 0 fully saturated rings. The minimum absolute atomic E-state index is 0.00686. The predicted molar refractivity (Wildman–Crippen MR) is 106 cm³/mol. The van der Waals surface area contributed by atoms with Gasteiger partial charge in [0, 0.05) is 13.5 Å². The summed E-state index contributed by atoms with van der Waals surface area (Å²) in [6, 6.07) is 15.8. The predicted octanol–water partition coefficient (Wildman–Crippen LogP) is 3.28. The van der Waals surface area contributed by atoms with Crippen molar-refractivity contribution >= 4 is 17.5 Å². The molecule has 142 valence electrons. The molecule has 0 spiro atoms. The molecule has 0 saturated carbocycles. The highest BCUT2D eigenvalue weighted by Gasteiger charge is 2.32. The third kappa shape index (κ3) is 4.30. The van der Waals surface area contributed by atoms with Crippen LogP contribution in [0.25, 0.3) is 0 Å². The Morgan fingerprint density at radius 1 is 1.15 bits per heavy atom. The van der Waals surface area contributed by atoms with Gasteiger partial charge in [0.1, 0.15) is 5.75 Å². The molecule has 2 amide bonds. The lowest BCUT2D eigenvalue weighted by atomic mass is 10.00. The fourth-order valence-corrected chi connectivity index (χ4v) is 3.22. The van der Waals surface area contributed by atoms with Crippen molar-refractivity contribution in [2.45, 2.75) is 38.7 Å². The maximum atomic E-state index is 12.9. The van der Waals surface area contributed by atoms with E-state index in [-0.39, 0.29) is 18.4 Å². The molecule has 1 atom stereocenters. The molecule has 5 nitrogen and oxygen atoms in total. The number of carbonyl (C=O) groups is 2. The number of nitrogens with zero attached hydrogens (tertiary/aromatic N) is 1. The minimum Gasteiger partial charge on any atom is -0.477 e. The van der Waals surface area contributed by atoms with Gasteiger partial charge in [-0.3, -0.25) is 9.59 Å². The van der Waals surface area contributed by atoms with Crippen LogP contribution in [0.1, 0.15) is 37.3 Å². The first-order valence-electron chi connectivity index (χ1n) is 9.36. The van der Waals surface area contributed by atoms with Crippen molar-refractivity contribution in [3.63, 3.8) is 0 Å². The van der Waals surface area contributed by atoms with Gasteiger partial charge in [0.15, 0.2) is 6.10 Å². The number of likely N-dealkylation sites (N-methyl/N-ethyl adjacent to an activating group) is 1. The van der Waals surface area contributed by atoms with E-state index < -0.39 is 6.10 Å². The van der Waals surface area contributed by atoms with Crippen LogP contribution in [-0.2, 0) is 16.0 Å². The number of benzene rings is 2. The summed E-state index contributed by atoms with van der Waals surface area (Å²) in [7, 11) is 1.57. The van der Waals surface area contributed by atoms with Gasteiger partial charge in [-0.15, -0.1) is 0 Å². The van der Waals surface area contributed by atoms with Crippen LogP contribution in [0.15, 0.2) is 48.5 Å². The van der Waals surface area contributed by atoms with Crippen LogP contribution in [0.4, 0.5) is 5.69 Å². The largest absolute Gasteiger partial charge is 0.477 e. The van der Waals surface area contributed by atoms with Gasteiger partial charge in [0.05, 0.1) is 12.2 Å². The Morgan fingerprint density at radius 2 is 1.85 bits per heavy atom. The van der Waals surface area contributed by atoms with E-state index in [1.165, 1.54) is 5.56 Å². The van der Waals surface area contributed by atoms with Crippen molar-refractivity contribution in [2.24, 2.45) is 0 Å². The molecule has 1 aliphatic heterocycles. The molecule has 0 aromatic heterocycles. The zero-order valence-electron chi connectivity index (χ0n) is 16.1. The van der Waals surface area contributed by atoms with Crippen LogP contribution in [0, 0.1) is 0 Å². The number of fused-ring (bicyclic) bond motifs is 1. The summed E-state index contributed by atoms with van der Waals surface area (Å²) in [5, 5.41) is 2.60. The van der Waals surface area contributed by atoms with Crippen molar-refractivity contribution in [3.8, 4) is 5.75 Å². The van der Waals surface area contributed by atoms with Crippen molar-refractivity contribution < 1.29 is 14.3 Å². The summed E-state index contributed by atoms with van der Waals surface area (Å²) >= 11 is 0. The fraction of sp³-hybridized carbons (Fsp3) is 0.364. The number of ether oxygens (including phenoxy) is 1. The lowest BCUT2D eigenvalue weighted by molar-refractivity contribution is -0.127. The molecule has 1 heterocycles. The van der Waals surface area contributed by atoms with E-state index in [1.54, 1.807) is 18.0 Å². The van der Waals surface area contributed by atoms with Gasteiger partial charge < -0.3 is 15.0 Å². The van der Waals surface area contributed by atoms with Crippen LogP contribution >= 0.6 is 0 Å². The monoisotopic (exact) mass is 366 g/mol. The summed E-state index contributed by atoms with van der Waals surface area (Å²) in [4.78, 5) is 26.6. The second kappa shape index (κ2) is 8.25. The molecule has 5 heteroatoms. The number of para-hydroxylation sites is 2. The van der Waals surface area contributed by atoms with Gasteiger partial charge in [-0.1, -0.05) is 50.2 Å². The van der Waals surface area contributed by atoms with Crippen LogP contribution in [-0.4, -0.2) is 31.5 Å². The third-order valence-electron chi connectivity index (χ3n) is 4.89. The molecule has 3 rings (SSSR count). The molecule has 0 unspecified atom stereocenters. The molecule has 1 aliphatic rings. The first kappa shape index (κ1) is 19.0. The van der Waals surface area contributed by atoms with E-state index in [0.717, 1.165) is 11.3 Å². The first-order valence-corrected chi connectivity index (χ1v) is 9.36. The Kier molecular flexibility index (Phi) is 5.79. The number of aryl methyl sites for hydroxylation is 1. The van der Waals surface area contributed by atoms with Crippen molar-refractivity contribution in [1.82, 2.24) is 5.32 Å². The standard InChI is InChI=1S/C22H26N2O3/c1-15(2)17-11-8-16(9-12-17)10-13-21(25)24-14-20(22(26)23-3)27-19-7-5-4-6-18(19)24/h4-9,11-12,15,20H,10,13-14H2,1-3H3,(H,23,26)/t20-/m0/s1. The summed E-state index contributed by atoms with van der Waals surface area (Å²) in [5.41, 5.74) is 3.15. The third-order valence-corrected chi connectivity index (χ3v) is 4.89. The highest BCUT2D eigenvalue weighted by Crippen LogP contribution is 2.33. The van der Waals surface area contributed by atoms with Crippen molar-refractivity contribution in [3.05, 3.63) is 59.7 Å². The van der Waals surface area contributed by atoms with Crippen LogP contribution in [0.5, 0.6) is 5.75 Å². The summed E-state index contributed by atoms with van der Waals surface area (Å²) in [6.07, 6.45) is 0.358. The second-order valence-electron chi connectivity index (χ2n) is 7.09. The second-order valence-corrected chi connectivity index (χ2v) is 7.09. The molecule has 0 saturated heterocycles.